The normalized spacial score (nSPS) is 21.0. The van der Waals surface area contributed by atoms with Crippen molar-refractivity contribution in [2.24, 2.45) is 5.10 Å². The van der Waals surface area contributed by atoms with Crippen LogP contribution >= 0.6 is 0 Å². The van der Waals surface area contributed by atoms with Crippen molar-refractivity contribution in [3.63, 3.8) is 0 Å². The van der Waals surface area contributed by atoms with Gasteiger partial charge < -0.3 is 14.5 Å². The number of alkyl halides is 3. The van der Waals surface area contributed by atoms with Gasteiger partial charge in [-0.15, -0.1) is 0 Å². The first kappa shape index (κ1) is 30.1. The average Bonchev–Trinajstić information content (AvgIpc) is 2.99. The zero-order chi connectivity index (χ0) is 30.9. The molecule has 2 aliphatic heterocycles. The number of carbonyl (C=O) groups excluding carboxylic acids is 4. The predicted octanol–water partition coefficient (Wildman–Crippen LogP) is 4.16. The Hall–Kier alpha value is -4.33. The van der Waals surface area contributed by atoms with E-state index in [0.29, 0.717) is 6.54 Å². The highest BCUT2D eigenvalue weighted by atomic mass is 19.4. The summed E-state index contributed by atoms with van der Waals surface area (Å²) in [5.74, 6) is -5.00. The Morgan fingerprint density at radius 3 is 2.47 bits per heavy atom. The van der Waals surface area contributed by atoms with E-state index in [1.54, 1.807) is 4.90 Å². The maximum absolute atomic E-state index is 15.0. The van der Waals surface area contributed by atoms with Crippen LogP contribution in [0.3, 0.4) is 0 Å². The summed E-state index contributed by atoms with van der Waals surface area (Å²) in [5, 5.41) is 3.88. The molecule has 0 N–H and O–H groups in total. The number of hydrogen-bond acceptors (Lipinski definition) is 7. The molecule has 2 aromatic rings. The third-order valence-electron chi connectivity index (χ3n) is 7.89. The maximum Gasteiger partial charge on any atom is 0.497 e. The smallest absolute Gasteiger partial charge is 0.497 e. The molecule has 43 heavy (non-hydrogen) atoms. The monoisotopic (exact) mass is 605 g/mol. The minimum atomic E-state index is -5.41. The number of nitrogens with zero attached hydrogens (tertiary/aromatic N) is 4. The van der Waals surface area contributed by atoms with Crippen molar-refractivity contribution < 1.29 is 46.3 Å². The van der Waals surface area contributed by atoms with Gasteiger partial charge in [0.25, 0.3) is 5.91 Å². The number of benzene rings is 2. The maximum atomic E-state index is 15.0. The Balaban J connectivity index is 1.45. The van der Waals surface area contributed by atoms with Crippen molar-refractivity contribution in [1.29, 1.82) is 0 Å². The number of hydroxylamine groups is 1. The van der Waals surface area contributed by atoms with Crippen LogP contribution in [-0.2, 0) is 21.0 Å². The molecule has 1 aliphatic carbocycles. The van der Waals surface area contributed by atoms with Crippen LogP contribution in [0, 0.1) is 5.82 Å². The van der Waals surface area contributed by atoms with E-state index < -0.39 is 46.5 Å². The number of ketones is 1. The molecule has 2 fully saturated rings. The lowest BCUT2D eigenvalue weighted by Gasteiger charge is -2.40. The number of rotatable bonds is 6. The average molecular weight is 606 g/mol. The Bertz CT molecular complexity index is 1490. The van der Waals surface area contributed by atoms with Crippen molar-refractivity contribution in [3.8, 4) is 5.75 Å². The molecule has 1 saturated heterocycles. The second-order valence-electron chi connectivity index (χ2n) is 10.6. The number of halogens is 4. The number of carbonyl (C=O) groups is 4. The Morgan fingerprint density at radius 1 is 1.05 bits per heavy atom. The zero-order valence-electron chi connectivity index (χ0n) is 23.2. The van der Waals surface area contributed by atoms with Crippen molar-refractivity contribution in [2.45, 2.75) is 50.9 Å². The number of amides is 2. The zero-order valence-corrected chi connectivity index (χ0v) is 23.2. The molecule has 14 heteroatoms. The van der Waals surface area contributed by atoms with E-state index in [-0.39, 0.29) is 47.6 Å². The molecular formula is C29H29F4N4O6+. The molecule has 1 atom stereocenters. The number of Topliss-reactive ketones (excluding diaryl/α,β-unsaturated/α-hetero) is 1. The summed E-state index contributed by atoms with van der Waals surface area (Å²) in [6.45, 7) is -0.374. The second kappa shape index (κ2) is 11.7. The van der Waals surface area contributed by atoms with Gasteiger partial charge in [0.05, 0.1) is 18.2 Å². The number of fused-ring (bicyclic) bond motifs is 1. The SMILES string of the molecule is COc1ccc2c(c1)[N+](Cc1ccc(F)c(C(=O)N3CCN(C4CCCCC4)C(=O)C3)c1)(OC(=O)C(F)(F)F)N=CC2=O. The number of hydrogen-bond donors (Lipinski definition) is 0. The van der Waals surface area contributed by atoms with Crippen molar-refractivity contribution in [1.82, 2.24) is 14.6 Å². The summed E-state index contributed by atoms with van der Waals surface area (Å²) in [6, 6.07) is 7.29. The number of piperazine rings is 1. The van der Waals surface area contributed by atoms with Gasteiger partial charge in [-0.1, -0.05) is 25.3 Å². The summed E-state index contributed by atoms with van der Waals surface area (Å²) in [4.78, 5) is 58.8. The van der Waals surface area contributed by atoms with Crippen LogP contribution in [0.4, 0.5) is 23.2 Å². The summed E-state index contributed by atoms with van der Waals surface area (Å²) in [5.41, 5.74) is -0.684. The first-order valence-corrected chi connectivity index (χ1v) is 13.8. The van der Waals surface area contributed by atoms with E-state index in [2.05, 4.69) is 5.10 Å². The van der Waals surface area contributed by atoms with Gasteiger partial charge in [0, 0.05) is 35.5 Å². The quantitative estimate of drug-likeness (QED) is 0.362. The molecule has 0 bridgehead atoms. The molecule has 10 nitrogen and oxygen atoms in total. The first-order valence-electron chi connectivity index (χ1n) is 13.8. The fourth-order valence-corrected chi connectivity index (χ4v) is 5.72. The van der Waals surface area contributed by atoms with Crippen LogP contribution in [0.5, 0.6) is 5.75 Å². The lowest BCUT2D eigenvalue weighted by Crippen LogP contribution is -2.55. The van der Waals surface area contributed by atoms with Gasteiger partial charge in [0.2, 0.25) is 17.4 Å². The van der Waals surface area contributed by atoms with Gasteiger partial charge in [0.1, 0.15) is 24.3 Å². The molecule has 228 valence electrons. The third-order valence-corrected chi connectivity index (χ3v) is 7.89. The molecule has 1 unspecified atom stereocenters. The molecular weight excluding hydrogens is 576 g/mol. The highest BCUT2D eigenvalue weighted by Gasteiger charge is 2.52. The van der Waals surface area contributed by atoms with Gasteiger partial charge >= 0.3 is 12.1 Å². The minimum Gasteiger partial charge on any atom is -0.497 e. The largest absolute Gasteiger partial charge is 0.497 e. The van der Waals surface area contributed by atoms with Crippen LogP contribution < -0.4 is 9.49 Å². The van der Waals surface area contributed by atoms with Gasteiger partial charge in [-0.05, 0) is 42.2 Å². The lowest BCUT2D eigenvalue weighted by atomic mass is 9.93. The van der Waals surface area contributed by atoms with Crippen LogP contribution in [0.2, 0.25) is 0 Å². The fourth-order valence-electron chi connectivity index (χ4n) is 5.72. The molecule has 0 spiro atoms. The molecule has 3 aliphatic rings. The van der Waals surface area contributed by atoms with Crippen molar-refractivity contribution >= 4 is 35.5 Å². The van der Waals surface area contributed by atoms with Crippen LogP contribution in [0.25, 0.3) is 0 Å². The predicted molar refractivity (Wildman–Crippen MR) is 144 cm³/mol. The van der Waals surface area contributed by atoms with E-state index >= 15 is 0 Å². The van der Waals surface area contributed by atoms with E-state index in [9.17, 15) is 36.7 Å². The highest BCUT2D eigenvalue weighted by molar-refractivity contribution is 6.37. The molecule has 0 radical (unpaired) electrons. The number of methoxy groups -OCH3 is 1. The fraction of sp³-hybridized carbons (Fsp3) is 0.414. The summed E-state index contributed by atoms with van der Waals surface area (Å²) >= 11 is 0. The standard InChI is InChI=1S/C29H29F4N4O6/c1-42-20-8-9-21-24(14-20)37(34-15-25(21)38,43-28(41)29(31,32)33)17-18-7-10-23(30)22(13-18)27(40)35-11-12-36(26(39)16-35)19-5-3-2-4-6-19/h7-10,13-15,19H,2-6,11-12,16-17H2,1H3/q+1. The number of quaternary nitrogens is 1. The molecule has 5 rings (SSSR count). The van der Waals surface area contributed by atoms with Gasteiger partial charge in [-0.3, -0.25) is 14.4 Å². The van der Waals surface area contributed by atoms with Gasteiger partial charge in [-0.2, -0.15) is 13.2 Å². The Kier molecular flexibility index (Phi) is 8.23. The molecule has 2 amide bonds. The minimum absolute atomic E-state index is 0.0622. The molecule has 1 saturated carbocycles. The van der Waals surface area contributed by atoms with Crippen LogP contribution in [0.1, 0.15) is 58.4 Å². The third kappa shape index (κ3) is 6.10. The Morgan fingerprint density at radius 2 is 1.79 bits per heavy atom. The summed E-state index contributed by atoms with van der Waals surface area (Å²) in [7, 11) is 1.30. The van der Waals surface area contributed by atoms with Crippen molar-refractivity contribution in [2.75, 3.05) is 26.7 Å². The van der Waals surface area contributed by atoms with Gasteiger partial charge in [-0.25, -0.2) is 14.0 Å². The van der Waals surface area contributed by atoms with E-state index in [0.717, 1.165) is 50.5 Å². The number of ether oxygens (including phenoxy) is 1. The highest BCUT2D eigenvalue weighted by Crippen LogP contribution is 2.38. The summed E-state index contributed by atoms with van der Waals surface area (Å²) < 4.78 is 58.7. The van der Waals surface area contributed by atoms with Crippen molar-refractivity contribution in [3.05, 3.63) is 58.9 Å². The van der Waals surface area contributed by atoms with E-state index in [1.807, 2.05) is 0 Å². The molecule has 2 aromatic carbocycles. The molecule has 2 heterocycles. The van der Waals surface area contributed by atoms with Gasteiger partial charge in [0.15, 0.2) is 6.54 Å². The lowest BCUT2D eigenvalue weighted by molar-refractivity contribution is -0.237. The molecule has 0 aromatic heterocycles. The van der Waals surface area contributed by atoms with E-state index in [4.69, 9.17) is 9.57 Å². The van der Waals surface area contributed by atoms with Crippen LogP contribution in [0.15, 0.2) is 41.5 Å². The first-order chi connectivity index (χ1) is 20.4. The second-order valence-corrected chi connectivity index (χ2v) is 10.6. The topological polar surface area (TPSA) is 106 Å². The summed E-state index contributed by atoms with van der Waals surface area (Å²) in [6.07, 6.45) is 0.306. The Labute approximate surface area is 244 Å². The van der Waals surface area contributed by atoms with Crippen LogP contribution in [-0.4, -0.2) is 78.5 Å². The van der Waals surface area contributed by atoms with E-state index in [1.165, 1.54) is 36.3 Å².